The van der Waals surface area contributed by atoms with Crippen LogP contribution in [0.4, 0.5) is 0 Å². The highest BCUT2D eigenvalue weighted by Gasteiger charge is 2.41. The van der Waals surface area contributed by atoms with Crippen LogP contribution in [0.3, 0.4) is 0 Å². The molecule has 0 aliphatic carbocycles. The van der Waals surface area contributed by atoms with Gasteiger partial charge in [-0.25, -0.2) is 8.42 Å². The third-order valence-corrected chi connectivity index (χ3v) is 5.00. The van der Waals surface area contributed by atoms with Crippen molar-refractivity contribution in [1.29, 1.82) is 0 Å². The predicted molar refractivity (Wildman–Crippen MR) is 59.8 cm³/mol. The summed E-state index contributed by atoms with van der Waals surface area (Å²) in [5.41, 5.74) is 0. The maximum Gasteiger partial charge on any atom is 0.190 e. The van der Waals surface area contributed by atoms with E-state index in [-0.39, 0.29) is 4.90 Å². The maximum atomic E-state index is 12.1. The molecule has 1 N–H and O–H groups in total. The van der Waals surface area contributed by atoms with E-state index >= 15 is 0 Å². The lowest BCUT2D eigenvalue weighted by atomic mass is 10.1. The Labute approximate surface area is 94.8 Å². The molecule has 4 nitrogen and oxygen atoms in total. The topological polar surface area (TPSA) is 71.4 Å². The molecule has 1 aromatic carbocycles. The summed E-state index contributed by atoms with van der Waals surface area (Å²) in [7, 11) is -3.76. The molecular weight excluding hydrogens is 228 g/mol. The van der Waals surface area contributed by atoms with Crippen LogP contribution in [0.5, 0.6) is 0 Å². The number of ketones is 1. The van der Waals surface area contributed by atoms with Gasteiger partial charge in [-0.15, -0.1) is 0 Å². The molecule has 0 saturated carbocycles. The normalized spacial score (nSPS) is 12.4. The van der Waals surface area contributed by atoms with Crippen molar-refractivity contribution in [2.75, 3.05) is 6.61 Å². The van der Waals surface area contributed by atoms with Gasteiger partial charge in [0, 0.05) is 0 Å². The van der Waals surface area contributed by atoms with Crippen molar-refractivity contribution in [1.82, 2.24) is 0 Å². The molecule has 0 heterocycles. The monoisotopic (exact) mass is 242 g/mol. The zero-order valence-electron chi connectivity index (χ0n) is 9.17. The fourth-order valence-corrected chi connectivity index (χ4v) is 2.70. The first-order valence-corrected chi connectivity index (χ1v) is 6.26. The third-order valence-electron chi connectivity index (χ3n) is 2.54. The fourth-order valence-electron chi connectivity index (χ4n) is 1.23. The summed E-state index contributed by atoms with van der Waals surface area (Å²) in [6, 6.07) is 7.74. The van der Waals surface area contributed by atoms with E-state index in [0.29, 0.717) is 0 Å². The van der Waals surface area contributed by atoms with Gasteiger partial charge in [-0.05, 0) is 26.0 Å². The van der Waals surface area contributed by atoms with Crippen molar-refractivity contribution in [3.63, 3.8) is 0 Å². The quantitative estimate of drug-likeness (QED) is 0.847. The highest BCUT2D eigenvalue weighted by molar-refractivity contribution is 7.93. The molecule has 0 unspecified atom stereocenters. The molecule has 0 aliphatic heterocycles. The van der Waals surface area contributed by atoms with Gasteiger partial charge >= 0.3 is 0 Å². The van der Waals surface area contributed by atoms with E-state index in [9.17, 15) is 13.2 Å². The number of carbonyl (C=O) groups is 1. The van der Waals surface area contributed by atoms with Crippen molar-refractivity contribution in [2.24, 2.45) is 0 Å². The van der Waals surface area contributed by atoms with Gasteiger partial charge in [0.15, 0.2) is 15.6 Å². The minimum Gasteiger partial charge on any atom is -0.389 e. The highest BCUT2D eigenvalue weighted by atomic mass is 32.2. The molecule has 0 spiro atoms. The molecule has 0 bridgehead atoms. The first kappa shape index (κ1) is 12.9. The average Bonchev–Trinajstić information content (AvgIpc) is 2.28. The number of aliphatic hydroxyl groups excluding tert-OH is 1. The standard InChI is InChI=1S/C11H14O4S/c1-11(2,10(13)8-12)16(14,15)9-6-4-3-5-7-9/h3-7,12H,8H2,1-2H3. The Balaban J connectivity index is 3.28. The Kier molecular flexibility index (Phi) is 3.50. The predicted octanol–water partition coefficient (Wildman–Crippen LogP) is 0.800. The maximum absolute atomic E-state index is 12.1. The first-order chi connectivity index (χ1) is 7.34. The van der Waals surface area contributed by atoms with Crippen LogP contribution in [0.2, 0.25) is 0 Å². The summed E-state index contributed by atoms with van der Waals surface area (Å²) in [5, 5.41) is 8.77. The lowest BCUT2D eigenvalue weighted by molar-refractivity contribution is -0.123. The highest BCUT2D eigenvalue weighted by Crippen LogP contribution is 2.25. The van der Waals surface area contributed by atoms with Crippen molar-refractivity contribution in [3.05, 3.63) is 30.3 Å². The first-order valence-electron chi connectivity index (χ1n) is 4.78. The number of hydrogen-bond donors (Lipinski definition) is 1. The Morgan fingerprint density at radius 2 is 1.75 bits per heavy atom. The van der Waals surface area contributed by atoms with Crippen molar-refractivity contribution in [3.8, 4) is 0 Å². The van der Waals surface area contributed by atoms with Crippen LogP contribution in [0.15, 0.2) is 35.2 Å². The number of rotatable bonds is 4. The van der Waals surface area contributed by atoms with E-state index in [2.05, 4.69) is 0 Å². The van der Waals surface area contributed by atoms with Gasteiger partial charge in [-0.3, -0.25) is 4.79 Å². The SMILES string of the molecule is CC(C)(C(=O)CO)S(=O)(=O)c1ccccc1. The second kappa shape index (κ2) is 4.35. The summed E-state index contributed by atoms with van der Waals surface area (Å²) in [6.45, 7) is 1.82. The number of sulfone groups is 1. The smallest absolute Gasteiger partial charge is 0.190 e. The van der Waals surface area contributed by atoms with E-state index in [4.69, 9.17) is 5.11 Å². The fraction of sp³-hybridized carbons (Fsp3) is 0.364. The number of carbonyl (C=O) groups excluding carboxylic acids is 1. The van der Waals surface area contributed by atoms with Crippen LogP contribution in [0, 0.1) is 0 Å². The molecule has 1 rings (SSSR count). The largest absolute Gasteiger partial charge is 0.389 e. The molecule has 0 aliphatic rings. The number of hydrogen-bond acceptors (Lipinski definition) is 4. The van der Waals surface area contributed by atoms with Crippen LogP contribution in [0.25, 0.3) is 0 Å². The summed E-state index contributed by atoms with van der Waals surface area (Å²) >= 11 is 0. The minimum absolute atomic E-state index is 0.0850. The number of aliphatic hydroxyl groups is 1. The van der Waals surface area contributed by atoms with Gasteiger partial charge < -0.3 is 5.11 Å². The molecule has 88 valence electrons. The Morgan fingerprint density at radius 1 is 1.25 bits per heavy atom. The summed E-state index contributed by atoms with van der Waals surface area (Å²) in [5.74, 6) is -0.712. The summed E-state index contributed by atoms with van der Waals surface area (Å²) in [6.07, 6.45) is 0. The van der Waals surface area contributed by atoms with Crippen molar-refractivity contribution >= 4 is 15.6 Å². The second-order valence-corrected chi connectivity index (χ2v) is 6.41. The van der Waals surface area contributed by atoms with Crippen LogP contribution < -0.4 is 0 Å². The summed E-state index contributed by atoms with van der Waals surface area (Å²) < 4.78 is 22.6. The van der Waals surface area contributed by atoms with E-state index in [1.54, 1.807) is 18.2 Å². The molecule has 16 heavy (non-hydrogen) atoms. The molecule has 0 fully saturated rings. The zero-order chi connectivity index (χ0) is 12.4. The van der Waals surface area contributed by atoms with Gasteiger partial charge in [0.25, 0.3) is 0 Å². The van der Waals surface area contributed by atoms with Gasteiger partial charge in [0.2, 0.25) is 0 Å². The van der Waals surface area contributed by atoms with Crippen molar-refractivity contribution < 1.29 is 18.3 Å². The summed E-state index contributed by atoms with van der Waals surface area (Å²) in [4.78, 5) is 11.5. The molecule has 5 heteroatoms. The second-order valence-electron chi connectivity index (χ2n) is 3.91. The average molecular weight is 242 g/mol. The number of benzene rings is 1. The van der Waals surface area contributed by atoms with Gasteiger partial charge in [0.1, 0.15) is 11.4 Å². The van der Waals surface area contributed by atoms with Crippen molar-refractivity contribution in [2.45, 2.75) is 23.5 Å². The Bertz CT molecular complexity index is 474. The Hall–Kier alpha value is -1.20. The van der Waals surface area contributed by atoms with Crippen LogP contribution in [0.1, 0.15) is 13.8 Å². The van der Waals surface area contributed by atoms with Crippen LogP contribution in [-0.4, -0.2) is 30.7 Å². The number of Topliss-reactive ketones (excluding diaryl/α,β-unsaturated/α-hetero) is 1. The lowest BCUT2D eigenvalue weighted by Gasteiger charge is -2.22. The van der Waals surface area contributed by atoms with E-state index < -0.39 is 27.0 Å². The van der Waals surface area contributed by atoms with E-state index in [1.807, 2.05) is 0 Å². The molecule has 0 aromatic heterocycles. The van der Waals surface area contributed by atoms with Gasteiger partial charge in [-0.1, -0.05) is 18.2 Å². The van der Waals surface area contributed by atoms with E-state index in [0.717, 1.165) is 0 Å². The molecular formula is C11H14O4S. The lowest BCUT2D eigenvalue weighted by Crippen LogP contribution is -2.42. The molecule has 0 saturated heterocycles. The molecule has 1 aromatic rings. The van der Waals surface area contributed by atoms with E-state index in [1.165, 1.54) is 26.0 Å². The molecule has 0 amide bonds. The molecule has 0 atom stereocenters. The zero-order valence-corrected chi connectivity index (χ0v) is 9.99. The molecule has 0 radical (unpaired) electrons. The van der Waals surface area contributed by atoms with Gasteiger partial charge in [0.05, 0.1) is 4.90 Å². The van der Waals surface area contributed by atoms with Crippen LogP contribution in [-0.2, 0) is 14.6 Å². The van der Waals surface area contributed by atoms with Crippen LogP contribution >= 0.6 is 0 Å². The Morgan fingerprint density at radius 3 is 2.19 bits per heavy atom. The van der Waals surface area contributed by atoms with Gasteiger partial charge in [-0.2, -0.15) is 0 Å². The third kappa shape index (κ3) is 2.01. The minimum atomic E-state index is -3.76.